The lowest BCUT2D eigenvalue weighted by atomic mass is 10.1. The number of halogens is 1. The maximum Gasteiger partial charge on any atom is 0.277 e. The number of aromatic nitrogens is 4. The molecule has 8 nitrogen and oxygen atoms in total. The Kier molecular flexibility index (Phi) is 5.92. The molecule has 0 saturated carbocycles. The number of para-hydroxylation sites is 1. The van der Waals surface area contributed by atoms with E-state index in [9.17, 15) is 10.1 Å². The number of ether oxygens (including phenoxy) is 1. The smallest absolute Gasteiger partial charge is 0.277 e. The fourth-order valence-corrected chi connectivity index (χ4v) is 3.28. The third kappa shape index (κ3) is 4.33. The number of hydrogen-bond acceptors (Lipinski definition) is 5. The van der Waals surface area contributed by atoms with Gasteiger partial charge in [0, 0.05) is 11.2 Å². The lowest BCUT2D eigenvalue weighted by molar-refractivity contribution is 0.101. The molecule has 4 aromatic rings. The largest absolute Gasteiger partial charge is 0.471 e. The minimum absolute atomic E-state index is 0.124. The summed E-state index contributed by atoms with van der Waals surface area (Å²) < 4.78 is 8.78. The van der Waals surface area contributed by atoms with E-state index in [2.05, 4.69) is 15.5 Å². The summed E-state index contributed by atoms with van der Waals surface area (Å²) in [4.78, 5) is 12.8. The Morgan fingerprint density at radius 3 is 2.59 bits per heavy atom. The van der Waals surface area contributed by atoms with Crippen molar-refractivity contribution in [3.8, 4) is 17.5 Å². The molecule has 2 aromatic carbocycles. The molecule has 0 saturated heterocycles. The number of rotatable bonds is 6. The Morgan fingerprint density at radius 1 is 1.19 bits per heavy atom. The van der Waals surface area contributed by atoms with Gasteiger partial charge in [-0.25, -0.2) is 9.36 Å². The Morgan fingerprint density at radius 2 is 1.91 bits per heavy atom. The van der Waals surface area contributed by atoms with Crippen molar-refractivity contribution in [3.63, 3.8) is 0 Å². The molecule has 32 heavy (non-hydrogen) atoms. The first kappa shape index (κ1) is 21.2. The molecule has 0 aliphatic rings. The number of carbonyl (C=O) groups is 1. The van der Waals surface area contributed by atoms with Crippen LogP contribution in [0, 0.1) is 25.2 Å². The van der Waals surface area contributed by atoms with Crippen LogP contribution in [-0.4, -0.2) is 25.5 Å². The van der Waals surface area contributed by atoms with E-state index in [-0.39, 0.29) is 23.8 Å². The molecule has 1 amide bonds. The van der Waals surface area contributed by atoms with Gasteiger partial charge in [0.25, 0.3) is 5.91 Å². The first-order valence-electron chi connectivity index (χ1n) is 9.74. The summed E-state index contributed by atoms with van der Waals surface area (Å²) in [6.45, 7) is 3.95. The quantitative estimate of drug-likeness (QED) is 0.470. The van der Waals surface area contributed by atoms with Crippen LogP contribution in [0.25, 0.3) is 5.69 Å². The van der Waals surface area contributed by atoms with Crippen LogP contribution in [0.3, 0.4) is 0 Å². The van der Waals surface area contributed by atoms with Gasteiger partial charge in [0.05, 0.1) is 11.9 Å². The molecule has 0 unspecified atom stereocenters. The number of amides is 1. The highest BCUT2D eigenvalue weighted by Crippen LogP contribution is 2.26. The van der Waals surface area contributed by atoms with Gasteiger partial charge >= 0.3 is 0 Å². The average molecular weight is 447 g/mol. The molecule has 9 heteroatoms. The van der Waals surface area contributed by atoms with Crippen LogP contribution in [-0.2, 0) is 6.73 Å². The summed E-state index contributed by atoms with van der Waals surface area (Å²) >= 11 is 6.19. The average Bonchev–Trinajstić information content (AvgIpc) is 3.43. The highest BCUT2D eigenvalue weighted by atomic mass is 35.5. The van der Waals surface area contributed by atoms with E-state index in [4.69, 9.17) is 16.3 Å². The molecule has 2 heterocycles. The van der Waals surface area contributed by atoms with E-state index in [1.54, 1.807) is 12.3 Å². The Labute approximate surface area is 189 Å². The van der Waals surface area contributed by atoms with E-state index in [1.807, 2.05) is 62.4 Å². The standard InChI is InChI=1S/C23H19ClN6O2/c1-15-10-19(11-16(2)21(15)24)32-14-29-9-8-20(28-29)23(31)27-22-17(12-25)13-26-30(22)18-6-4-3-5-7-18/h3-11,13H,14H2,1-2H3,(H,27,31). The maximum absolute atomic E-state index is 12.8. The summed E-state index contributed by atoms with van der Waals surface area (Å²) in [5.41, 5.74) is 2.99. The molecular weight excluding hydrogens is 428 g/mol. The molecule has 0 bridgehead atoms. The summed E-state index contributed by atoms with van der Waals surface area (Å²) in [5.74, 6) is 0.481. The van der Waals surface area contributed by atoms with Crippen LogP contribution in [0.1, 0.15) is 27.2 Å². The van der Waals surface area contributed by atoms with Gasteiger partial charge in [-0.05, 0) is 55.3 Å². The fourth-order valence-electron chi connectivity index (χ4n) is 3.17. The van der Waals surface area contributed by atoms with Crippen molar-refractivity contribution in [1.82, 2.24) is 19.6 Å². The van der Waals surface area contributed by atoms with Crippen LogP contribution in [0.2, 0.25) is 5.02 Å². The molecule has 0 fully saturated rings. The molecule has 1 N–H and O–H groups in total. The minimum atomic E-state index is -0.462. The van der Waals surface area contributed by atoms with Gasteiger partial charge in [0.2, 0.25) is 0 Å². The highest BCUT2D eigenvalue weighted by molar-refractivity contribution is 6.32. The molecule has 0 aliphatic heterocycles. The predicted octanol–water partition coefficient (Wildman–Crippen LogP) is 4.50. The number of benzene rings is 2. The van der Waals surface area contributed by atoms with E-state index >= 15 is 0 Å². The van der Waals surface area contributed by atoms with Crippen molar-refractivity contribution in [2.24, 2.45) is 0 Å². The summed E-state index contributed by atoms with van der Waals surface area (Å²) in [5, 5.41) is 21.3. The van der Waals surface area contributed by atoms with Gasteiger partial charge in [-0.2, -0.15) is 15.5 Å². The van der Waals surface area contributed by atoms with Crippen LogP contribution < -0.4 is 10.1 Å². The highest BCUT2D eigenvalue weighted by Gasteiger charge is 2.18. The number of nitrogens with one attached hydrogen (secondary N) is 1. The van der Waals surface area contributed by atoms with Crippen molar-refractivity contribution in [3.05, 3.63) is 88.3 Å². The summed E-state index contributed by atoms with van der Waals surface area (Å²) in [7, 11) is 0. The molecule has 0 radical (unpaired) electrons. The molecule has 0 aliphatic carbocycles. The molecule has 4 rings (SSSR count). The maximum atomic E-state index is 12.8. The second-order valence-electron chi connectivity index (χ2n) is 7.11. The van der Waals surface area contributed by atoms with E-state index in [0.717, 1.165) is 16.8 Å². The van der Waals surface area contributed by atoms with Gasteiger partial charge < -0.3 is 10.1 Å². The second-order valence-corrected chi connectivity index (χ2v) is 7.48. The van der Waals surface area contributed by atoms with Crippen molar-refractivity contribution in [1.29, 1.82) is 5.26 Å². The molecule has 0 atom stereocenters. The number of carbonyl (C=O) groups excluding carboxylic acids is 1. The predicted molar refractivity (Wildman–Crippen MR) is 120 cm³/mol. The van der Waals surface area contributed by atoms with Crippen molar-refractivity contribution < 1.29 is 9.53 Å². The minimum Gasteiger partial charge on any atom is -0.471 e. The molecular formula is C23H19ClN6O2. The van der Waals surface area contributed by atoms with Crippen molar-refractivity contribution >= 4 is 23.3 Å². The van der Waals surface area contributed by atoms with Gasteiger partial charge in [-0.3, -0.25) is 4.79 Å². The second kappa shape index (κ2) is 8.96. The monoisotopic (exact) mass is 446 g/mol. The normalized spacial score (nSPS) is 10.6. The molecule has 2 aromatic heterocycles. The van der Waals surface area contributed by atoms with Crippen LogP contribution in [0.5, 0.6) is 5.75 Å². The van der Waals surface area contributed by atoms with Crippen molar-refractivity contribution in [2.45, 2.75) is 20.6 Å². The number of aryl methyl sites for hydroxylation is 2. The van der Waals surface area contributed by atoms with Crippen LogP contribution in [0.15, 0.2) is 60.9 Å². The number of hydrogen-bond donors (Lipinski definition) is 1. The number of nitriles is 1. The van der Waals surface area contributed by atoms with E-state index < -0.39 is 5.91 Å². The van der Waals surface area contributed by atoms with Crippen LogP contribution in [0.4, 0.5) is 5.82 Å². The van der Waals surface area contributed by atoms with Gasteiger partial charge in [0.15, 0.2) is 18.2 Å². The zero-order valence-electron chi connectivity index (χ0n) is 17.4. The lowest BCUT2D eigenvalue weighted by Gasteiger charge is -2.10. The summed E-state index contributed by atoms with van der Waals surface area (Å²) in [6.07, 6.45) is 3.05. The van der Waals surface area contributed by atoms with E-state index in [1.165, 1.54) is 15.6 Å². The zero-order valence-corrected chi connectivity index (χ0v) is 18.2. The van der Waals surface area contributed by atoms with Gasteiger partial charge in [-0.15, -0.1) is 0 Å². The van der Waals surface area contributed by atoms with Gasteiger partial charge in [-0.1, -0.05) is 29.8 Å². The van der Waals surface area contributed by atoms with Crippen LogP contribution >= 0.6 is 11.6 Å². The Bertz CT molecular complexity index is 1300. The fraction of sp³-hybridized carbons (Fsp3) is 0.130. The zero-order chi connectivity index (χ0) is 22.7. The van der Waals surface area contributed by atoms with E-state index in [0.29, 0.717) is 10.8 Å². The van der Waals surface area contributed by atoms with Crippen molar-refractivity contribution in [2.75, 3.05) is 5.32 Å². The Hall–Kier alpha value is -4.09. The third-order valence-corrected chi connectivity index (χ3v) is 5.37. The first-order chi connectivity index (χ1) is 15.5. The number of nitrogens with zero attached hydrogens (tertiary/aromatic N) is 5. The Balaban J connectivity index is 1.48. The SMILES string of the molecule is Cc1cc(OCn2ccc(C(=O)Nc3c(C#N)cnn3-c3ccccc3)n2)cc(C)c1Cl. The van der Waals surface area contributed by atoms with Gasteiger partial charge in [0.1, 0.15) is 17.4 Å². The first-order valence-corrected chi connectivity index (χ1v) is 10.1. The summed E-state index contributed by atoms with van der Waals surface area (Å²) in [6, 6.07) is 16.5. The number of anilines is 1. The molecule has 160 valence electrons. The molecule has 0 spiro atoms. The topological polar surface area (TPSA) is 97.8 Å². The lowest BCUT2D eigenvalue weighted by Crippen LogP contribution is -2.17. The third-order valence-electron chi connectivity index (χ3n) is 4.77.